The second-order valence-corrected chi connectivity index (χ2v) is 2.38. The molecule has 0 aromatic heterocycles. The van der Waals surface area contributed by atoms with Crippen LogP contribution in [0.25, 0.3) is 0 Å². The van der Waals surface area contributed by atoms with Crippen LogP contribution < -0.4 is 0 Å². The third-order valence-electron chi connectivity index (χ3n) is 1.31. The zero-order chi connectivity index (χ0) is 7.28. The Morgan fingerprint density at radius 1 is 1.78 bits per heavy atom. The minimum absolute atomic E-state index is 0.396. The van der Waals surface area contributed by atoms with Gasteiger partial charge in [-0.25, -0.2) is 0 Å². The van der Waals surface area contributed by atoms with Gasteiger partial charge in [-0.3, -0.25) is 0 Å². The summed E-state index contributed by atoms with van der Waals surface area (Å²) in [4.78, 5) is 0. The molecule has 0 aromatic rings. The summed E-state index contributed by atoms with van der Waals surface area (Å²) in [5.41, 5.74) is 0.871. The summed E-state index contributed by atoms with van der Waals surface area (Å²) in [5, 5.41) is 9.13. The highest BCUT2D eigenvalue weighted by molar-refractivity contribution is 6.17. The lowest BCUT2D eigenvalue weighted by molar-refractivity contribution is 0.205. The number of hydrogen-bond acceptors (Lipinski definition) is 1. The van der Waals surface area contributed by atoms with Crippen LogP contribution in [0.15, 0.2) is 12.2 Å². The van der Waals surface area contributed by atoms with Gasteiger partial charge in [0.2, 0.25) is 0 Å². The first-order valence-electron chi connectivity index (χ1n) is 3.14. The van der Waals surface area contributed by atoms with Crippen LogP contribution in [0, 0.1) is 0 Å². The lowest BCUT2D eigenvalue weighted by Gasteiger charge is -2.08. The highest BCUT2D eigenvalue weighted by Crippen LogP contribution is 2.07. The molecule has 54 valence electrons. The molecule has 0 spiro atoms. The van der Waals surface area contributed by atoms with Crippen LogP contribution in [-0.2, 0) is 0 Å². The van der Waals surface area contributed by atoms with Crippen molar-refractivity contribution in [2.24, 2.45) is 0 Å². The number of halogens is 1. The van der Waals surface area contributed by atoms with Crippen molar-refractivity contribution in [1.82, 2.24) is 0 Å². The third kappa shape index (κ3) is 3.55. The predicted octanol–water partition coefficient (Wildman–Crippen LogP) is 1.94. The van der Waals surface area contributed by atoms with Crippen LogP contribution in [0.5, 0.6) is 0 Å². The summed E-state index contributed by atoms with van der Waals surface area (Å²) in [6.07, 6.45) is 1.05. The maximum atomic E-state index is 9.13. The van der Waals surface area contributed by atoms with Crippen molar-refractivity contribution in [2.45, 2.75) is 25.9 Å². The van der Waals surface area contributed by atoms with E-state index in [0.717, 1.165) is 12.0 Å². The number of aliphatic hydroxyl groups is 1. The minimum atomic E-state index is -0.396. The average Bonchev–Trinajstić information content (AvgIpc) is 1.87. The summed E-state index contributed by atoms with van der Waals surface area (Å²) < 4.78 is 0. The van der Waals surface area contributed by atoms with Crippen LogP contribution in [-0.4, -0.2) is 17.1 Å². The SMILES string of the molecule is C=C(CC)C(O)CCCl. The van der Waals surface area contributed by atoms with Crippen molar-refractivity contribution in [3.8, 4) is 0 Å². The molecule has 0 aliphatic carbocycles. The van der Waals surface area contributed by atoms with E-state index in [1.807, 2.05) is 6.92 Å². The standard InChI is InChI=1S/C7H13ClO/c1-3-6(2)7(9)4-5-8/h7,9H,2-5H2,1H3. The molecule has 0 saturated carbocycles. The molecule has 0 bridgehead atoms. The number of hydrogen-bond donors (Lipinski definition) is 1. The lowest BCUT2D eigenvalue weighted by atomic mass is 10.1. The van der Waals surface area contributed by atoms with E-state index >= 15 is 0 Å². The Labute approximate surface area is 61.3 Å². The molecule has 0 aliphatic heterocycles. The first kappa shape index (κ1) is 8.99. The van der Waals surface area contributed by atoms with Crippen molar-refractivity contribution < 1.29 is 5.11 Å². The van der Waals surface area contributed by atoms with E-state index in [1.165, 1.54) is 0 Å². The van der Waals surface area contributed by atoms with Gasteiger partial charge in [-0.1, -0.05) is 13.5 Å². The fourth-order valence-corrected chi connectivity index (χ4v) is 0.750. The predicted molar refractivity (Wildman–Crippen MR) is 40.8 cm³/mol. The highest BCUT2D eigenvalue weighted by Gasteiger charge is 2.03. The van der Waals surface area contributed by atoms with Crippen LogP contribution in [0.2, 0.25) is 0 Å². The quantitative estimate of drug-likeness (QED) is 0.477. The zero-order valence-corrected chi connectivity index (χ0v) is 6.49. The molecule has 0 saturated heterocycles. The molecule has 2 heteroatoms. The van der Waals surface area contributed by atoms with Gasteiger partial charge in [-0.15, -0.1) is 11.6 Å². The molecule has 0 aliphatic rings. The number of alkyl halides is 1. The van der Waals surface area contributed by atoms with E-state index in [9.17, 15) is 0 Å². The van der Waals surface area contributed by atoms with Crippen LogP contribution in [0.4, 0.5) is 0 Å². The summed E-state index contributed by atoms with van der Waals surface area (Å²) in [6, 6.07) is 0. The average molecular weight is 149 g/mol. The fourth-order valence-electron chi connectivity index (χ4n) is 0.543. The van der Waals surface area contributed by atoms with Crippen molar-refractivity contribution in [1.29, 1.82) is 0 Å². The molecule has 1 unspecified atom stereocenters. The van der Waals surface area contributed by atoms with Gasteiger partial charge < -0.3 is 5.11 Å². The van der Waals surface area contributed by atoms with E-state index in [-0.39, 0.29) is 0 Å². The summed E-state index contributed by atoms with van der Waals surface area (Å²) >= 11 is 5.40. The van der Waals surface area contributed by atoms with Gasteiger partial charge in [-0.05, 0) is 18.4 Å². The lowest BCUT2D eigenvalue weighted by Crippen LogP contribution is -2.08. The monoisotopic (exact) mass is 148 g/mol. The van der Waals surface area contributed by atoms with E-state index in [4.69, 9.17) is 16.7 Å². The molecule has 1 N–H and O–H groups in total. The largest absolute Gasteiger partial charge is 0.389 e. The molecule has 1 atom stereocenters. The second-order valence-electron chi connectivity index (χ2n) is 2.01. The smallest absolute Gasteiger partial charge is 0.0758 e. The number of aliphatic hydroxyl groups excluding tert-OH is 1. The molecular weight excluding hydrogens is 136 g/mol. The normalized spacial score (nSPS) is 13.2. The molecule has 0 fully saturated rings. The maximum Gasteiger partial charge on any atom is 0.0758 e. The van der Waals surface area contributed by atoms with Crippen molar-refractivity contribution in [3.05, 3.63) is 12.2 Å². The van der Waals surface area contributed by atoms with Gasteiger partial charge >= 0.3 is 0 Å². The third-order valence-corrected chi connectivity index (χ3v) is 1.53. The second kappa shape index (κ2) is 4.83. The zero-order valence-electron chi connectivity index (χ0n) is 5.73. The van der Waals surface area contributed by atoms with Gasteiger partial charge in [-0.2, -0.15) is 0 Å². The molecule has 9 heavy (non-hydrogen) atoms. The molecule has 0 rings (SSSR count). The first-order chi connectivity index (χ1) is 4.22. The fraction of sp³-hybridized carbons (Fsp3) is 0.714. The Bertz CT molecular complexity index is 90.9. The molecule has 0 aromatic carbocycles. The summed E-state index contributed by atoms with van der Waals surface area (Å²) in [7, 11) is 0. The van der Waals surface area contributed by atoms with E-state index in [0.29, 0.717) is 12.3 Å². The molecule has 1 nitrogen and oxygen atoms in total. The Morgan fingerprint density at radius 2 is 2.33 bits per heavy atom. The Kier molecular flexibility index (Phi) is 4.83. The van der Waals surface area contributed by atoms with Crippen molar-refractivity contribution >= 4 is 11.6 Å². The van der Waals surface area contributed by atoms with Gasteiger partial charge in [0.1, 0.15) is 0 Å². The van der Waals surface area contributed by atoms with Gasteiger partial charge in [0.15, 0.2) is 0 Å². The topological polar surface area (TPSA) is 20.2 Å². The minimum Gasteiger partial charge on any atom is -0.389 e. The Morgan fingerprint density at radius 3 is 2.67 bits per heavy atom. The molecule has 0 amide bonds. The molecule has 0 heterocycles. The molecule has 0 radical (unpaired) electrons. The van der Waals surface area contributed by atoms with Crippen molar-refractivity contribution in [3.63, 3.8) is 0 Å². The summed E-state index contributed by atoms with van der Waals surface area (Å²) in [6.45, 7) is 5.66. The van der Waals surface area contributed by atoms with Gasteiger partial charge in [0, 0.05) is 5.88 Å². The molecular formula is C7H13ClO. The van der Waals surface area contributed by atoms with E-state index < -0.39 is 6.10 Å². The van der Waals surface area contributed by atoms with Crippen LogP contribution >= 0.6 is 11.6 Å². The Balaban J connectivity index is 3.45. The van der Waals surface area contributed by atoms with Crippen LogP contribution in [0.3, 0.4) is 0 Å². The maximum absolute atomic E-state index is 9.13. The van der Waals surface area contributed by atoms with Crippen molar-refractivity contribution in [2.75, 3.05) is 5.88 Å². The van der Waals surface area contributed by atoms with Crippen LogP contribution in [0.1, 0.15) is 19.8 Å². The van der Waals surface area contributed by atoms with Gasteiger partial charge in [0.25, 0.3) is 0 Å². The van der Waals surface area contributed by atoms with E-state index in [2.05, 4.69) is 6.58 Å². The summed E-state index contributed by atoms with van der Waals surface area (Å²) in [5.74, 6) is 0.500. The van der Waals surface area contributed by atoms with Gasteiger partial charge in [0.05, 0.1) is 6.10 Å². The first-order valence-corrected chi connectivity index (χ1v) is 3.67. The Hall–Kier alpha value is -0.0100. The highest BCUT2D eigenvalue weighted by atomic mass is 35.5. The number of rotatable bonds is 4. The van der Waals surface area contributed by atoms with E-state index in [1.54, 1.807) is 0 Å².